The number of nitrogens with one attached hydrogen (secondary N) is 2. The van der Waals surface area contributed by atoms with Crippen LogP contribution in [-0.4, -0.2) is 36.5 Å². The second kappa shape index (κ2) is 10.6. The smallest absolute Gasteiger partial charge is 0.321 e. The first-order valence-electron chi connectivity index (χ1n) is 11.2. The number of carbonyl (C=O) groups excluding carboxylic acids is 2. The van der Waals surface area contributed by atoms with E-state index in [9.17, 15) is 9.59 Å². The summed E-state index contributed by atoms with van der Waals surface area (Å²) in [5.74, 6) is -0.0982. The van der Waals surface area contributed by atoms with Gasteiger partial charge in [0, 0.05) is 31.2 Å². The fourth-order valence-corrected chi connectivity index (χ4v) is 4.25. The van der Waals surface area contributed by atoms with Crippen molar-refractivity contribution in [2.45, 2.75) is 18.8 Å². The van der Waals surface area contributed by atoms with Gasteiger partial charge in [-0.2, -0.15) is 0 Å². The van der Waals surface area contributed by atoms with Crippen LogP contribution >= 0.6 is 0 Å². The Labute approximate surface area is 189 Å². The zero-order chi connectivity index (χ0) is 22.2. The number of benzene rings is 3. The lowest BCUT2D eigenvalue weighted by molar-refractivity contribution is -0.126. The average Bonchev–Trinajstić information content (AvgIpc) is 2.86. The molecule has 3 aromatic carbocycles. The van der Waals surface area contributed by atoms with E-state index < -0.39 is 0 Å². The minimum Gasteiger partial charge on any atom is -0.355 e. The molecule has 1 saturated heterocycles. The minimum absolute atomic E-state index is 0.0130. The highest BCUT2D eigenvalue weighted by atomic mass is 16.2. The molecular weight excluding hydrogens is 398 g/mol. The molecular formula is C27H29N3O2. The largest absolute Gasteiger partial charge is 0.355 e. The molecule has 0 saturated carbocycles. The number of nitrogens with zero attached hydrogens (tertiary/aromatic N) is 1. The third kappa shape index (κ3) is 5.55. The van der Waals surface area contributed by atoms with Crippen molar-refractivity contribution in [2.24, 2.45) is 5.92 Å². The van der Waals surface area contributed by atoms with E-state index in [1.165, 1.54) is 11.1 Å². The number of carbonyl (C=O) groups is 2. The van der Waals surface area contributed by atoms with Crippen molar-refractivity contribution in [3.8, 4) is 0 Å². The first-order valence-corrected chi connectivity index (χ1v) is 11.2. The Morgan fingerprint density at radius 2 is 1.41 bits per heavy atom. The van der Waals surface area contributed by atoms with Crippen LogP contribution in [0.3, 0.4) is 0 Å². The van der Waals surface area contributed by atoms with E-state index in [2.05, 4.69) is 34.9 Å². The fraction of sp³-hybridized carbons (Fsp3) is 0.259. The Kier molecular flexibility index (Phi) is 7.18. The number of amides is 3. The quantitative estimate of drug-likeness (QED) is 0.589. The number of likely N-dealkylation sites (tertiary alicyclic amines) is 1. The van der Waals surface area contributed by atoms with Crippen LogP contribution in [0.4, 0.5) is 10.5 Å². The highest BCUT2D eigenvalue weighted by Gasteiger charge is 2.29. The van der Waals surface area contributed by atoms with Gasteiger partial charge in [0.25, 0.3) is 0 Å². The van der Waals surface area contributed by atoms with Crippen molar-refractivity contribution in [1.82, 2.24) is 10.2 Å². The van der Waals surface area contributed by atoms with Gasteiger partial charge in [-0.3, -0.25) is 4.79 Å². The Morgan fingerprint density at radius 3 is 2.00 bits per heavy atom. The summed E-state index contributed by atoms with van der Waals surface area (Å²) in [5.41, 5.74) is 3.11. The molecule has 0 spiro atoms. The molecule has 5 heteroatoms. The molecule has 5 nitrogen and oxygen atoms in total. The predicted molar refractivity (Wildman–Crippen MR) is 127 cm³/mol. The molecule has 4 rings (SSSR count). The summed E-state index contributed by atoms with van der Waals surface area (Å²) >= 11 is 0. The van der Waals surface area contributed by atoms with Gasteiger partial charge in [-0.25, -0.2) is 4.79 Å². The zero-order valence-corrected chi connectivity index (χ0v) is 18.1. The topological polar surface area (TPSA) is 61.4 Å². The molecule has 0 unspecified atom stereocenters. The van der Waals surface area contributed by atoms with E-state index in [1.54, 1.807) is 4.90 Å². The Hall–Kier alpha value is -3.60. The van der Waals surface area contributed by atoms with Crippen LogP contribution in [-0.2, 0) is 4.79 Å². The summed E-state index contributed by atoms with van der Waals surface area (Å²) in [4.78, 5) is 27.4. The number of hydrogen-bond acceptors (Lipinski definition) is 2. The van der Waals surface area contributed by atoms with Gasteiger partial charge in [0.15, 0.2) is 0 Å². The Bertz CT molecular complexity index is 969. The van der Waals surface area contributed by atoms with Gasteiger partial charge in [0.1, 0.15) is 0 Å². The van der Waals surface area contributed by atoms with E-state index in [0.717, 1.165) is 18.5 Å². The molecule has 3 amide bonds. The molecule has 1 aliphatic rings. The average molecular weight is 428 g/mol. The second-order valence-electron chi connectivity index (χ2n) is 8.20. The monoisotopic (exact) mass is 427 g/mol. The van der Waals surface area contributed by atoms with Crippen molar-refractivity contribution < 1.29 is 9.59 Å². The number of rotatable bonds is 6. The molecule has 32 heavy (non-hydrogen) atoms. The summed E-state index contributed by atoms with van der Waals surface area (Å²) in [7, 11) is 0. The van der Waals surface area contributed by atoms with Crippen molar-refractivity contribution in [1.29, 1.82) is 0 Å². The zero-order valence-electron chi connectivity index (χ0n) is 18.1. The molecule has 1 heterocycles. The van der Waals surface area contributed by atoms with Crippen LogP contribution < -0.4 is 10.6 Å². The number of para-hydroxylation sites is 1. The summed E-state index contributed by atoms with van der Waals surface area (Å²) in [6.45, 7) is 1.63. The SMILES string of the molecule is O=C(NCC(c1ccccc1)c1ccccc1)[C@H]1CCCN(C(=O)Nc2ccccc2)C1. The Balaban J connectivity index is 1.37. The van der Waals surface area contributed by atoms with Gasteiger partial charge in [-0.15, -0.1) is 0 Å². The normalized spacial score (nSPS) is 15.9. The lowest BCUT2D eigenvalue weighted by atomic mass is 9.90. The highest BCUT2D eigenvalue weighted by molar-refractivity contribution is 5.90. The summed E-state index contributed by atoms with van der Waals surface area (Å²) < 4.78 is 0. The highest BCUT2D eigenvalue weighted by Crippen LogP contribution is 2.24. The maximum atomic E-state index is 13.0. The molecule has 1 aliphatic heterocycles. The number of anilines is 1. The third-order valence-electron chi connectivity index (χ3n) is 5.99. The van der Waals surface area contributed by atoms with Crippen LogP contribution in [0.5, 0.6) is 0 Å². The van der Waals surface area contributed by atoms with Crippen molar-refractivity contribution in [3.63, 3.8) is 0 Å². The molecule has 0 aromatic heterocycles. The van der Waals surface area contributed by atoms with Crippen LogP contribution in [0.15, 0.2) is 91.0 Å². The van der Waals surface area contributed by atoms with Gasteiger partial charge in [0.05, 0.1) is 5.92 Å². The first kappa shape index (κ1) is 21.6. The molecule has 164 valence electrons. The minimum atomic E-state index is -0.197. The molecule has 0 bridgehead atoms. The molecule has 1 fully saturated rings. The van der Waals surface area contributed by atoms with E-state index in [4.69, 9.17) is 0 Å². The van der Waals surface area contributed by atoms with Crippen molar-refractivity contribution in [2.75, 3.05) is 25.0 Å². The molecule has 3 aromatic rings. The van der Waals surface area contributed by atoms with Gasteiger partial charge in [-0.05, 0) is 36.1 Å². The van der Waals surface area contributed by atoms with Gasteiger partial charge < -0.3 is 15.5 Å². The van der Waals surface area contributed by atoms with Crippen molar-refractivity contribution in [3.05, 3.63) is 102 Å². The van der Waals surface area contributed by atoms with Gasteiger partial charge >= 0.3 is 6.03 Å². The summed E-state index contributed by atoms with van der Waals surface area (Å²) in [6, 6.07) is 29.7. The van der Waals surface area contributed by atoms with Crippen LogP contribution in [0, 0.1) is 5.92 Å². The van der Waals surface area contributed by atoms with Gasteiger partial charge in [0.2, 0.25) is 5.91 Å². The maximum absolute atomic E-state index is 13.0. The fourth-order valence-electron chi connectivity index (χ4n) is 4.25. The van der Waals surface area contributed by atoms with E-state index in [-0.39, 0.29) is 23.8 Å². The number of hydrogen-bond donors (Lipinski definition) is 2. The number of piperidine rings is 1. The van der Waals surface area contributed by atoms with Crippen LogP contribution in [0.1, 0.15) is 29.9 Å². The maximum Gasteiger partial charge on any atom is 0.321 e. The molecule has 0 radical (unpaired) electrons. The van der Waals surface area contributed by atoms with Gasteiger partial charge in [-0.1, -0.05) is 78.9 Å². The van der Waals surface area contributed by atoms with Crippen molar-refractivity contribution >= 4 is 17.6 Å². The molecule has 0 aliphatic carbocycles. The second-order valence-corrected chi connectivity index (χ2v) is 8.20. The summed E-state index contributed by atoms with van der Waals surface area (Å²) in [6.07, 6.45) is 1.61. The summed E-state index contributed by atoms with van der Waals surface area (Å²) in [5, 5.41) is 6.08. The standard InChI is InChI=1S/C27H29N3O2/c31-26(23-15-10-18-30(20-23)27(32)29-24-16-8-3-9-17-24)28-19-25(21-11-4-1-5-12-21)22-13-6-2-7-14-22/h1-9,11-14,16-17,23,25H,10,15,18-20H2,(H,28,31)(H,29,32)/t23-/m0/s1. The van der Waals surface area contributed by atoms with Crippen LogP contribution in [0.2, 0.25) is 0 Å². The molecule has 2 N–H and O–H groups in total. The van der Waals surface area contributed by atoms with E-state index >= 15 is 0 Å². The Morgan fingerprint density at radius 1 is 0.844 bits per heavy atom. The lowest BCUT2D eigenvalue weighted by Gasteiger charge is -2.32. The van der Waals surface area contributed by atoms with E-state index in [1.807, 2.05) is 66.7 Å². The third-order valence-corrected chi connectivity index (χ3v) is 5.99. The molecule has 1 atom stereocenters. The predicted octanol–water partition coefficient (Wildman–Crippen LogP) is 4.88. The lowest BCUT2D eigenvalue weighted by Crippen LogP contribution is -2.47. The van der Waals surface area contributed by atoms with Crippen LogP contribution in [0.25, 0.3) is 0 Å². The first-order chi connectivity index (χ1) is 15.7. The van der Waals surface area contributed by atoms with E-state index in [0.29, 0.717) is 19.6 Å². The number of urea groups is 1.